The minimum Gasteiger partial charge on any atom is -0.364 e. The maximum Gasteiger partial charge on any atom is 0.273 e. The summed E-state index contributed by atoms with van der Waals surface area (Å²) in [5.74, 6) is 0.696. The lowest BCUT2D eigenvalue weighted by Gasteiger charge is -2.39. The number of anilines is 3. The molecule has 1 amide bonds. The zero-order chi connectivity index (χ0) is 25.4. The number of nitrogens with one attached hydrogen (secondary N) is 1. The summed E-state index contributed by atoms with van der Waals surface area (Å²) < 4.78 is 1.88. The highest BCUT2D eigenvalue weighted by atomic mass is 35.5. The second-order valence-corrected chi connectivity index (χ2v) is 10.2. The number of carbonyl (C=O) groups excluding carboxylic acids is 2. The minimum absolute atomic E-state index is 0.00184. The fourth-order valence-electron chi connectivity index (χ4n) is 4.96. The van der Waals surface area contributed by atoms with E-state index in [-0.39, 0.29) is 29.3 Å². The van der Waals surface area contributed by atoms with Gasteiger partial charge in [0, 0.05) is 44.0 Å². The summed E-state index contributed by atoms with van der Waals surface area (Å²) >= 11 is 6.49. The molecule has 1 aromatic carbocycles. The van der Waals surface area contributed by atoms with Gasteiger partial charge in [-0.2, -0.15) is 4.98 Å². The van der Waals surface area contributed by atoms with Gasteiger partial charge in [0.05, 0.1) is 10.7 Å². The number of ketones is 1. The van der Waals surface area contributed by atoms with Crippen LogP contribution in [0.1, 0.15) is 71.4 Å². The highest BCUT2D eigenvalue weighted by molar-refractivity contribution is 6.34. The lowest BCUT2D eigenvalue weighted by molar-refractivity contribution is 0.0944. The molecule has 1 saturated heterocycles. The van der Waals surface area contributed by atoms with Crippen molar-refractivity contribution in [3.05, 3.63) is 58.5 Å². The number of amides is 1. The Morgan fingerprint density at radius 1 is 1.19 bits per heavy atom. The third-order valence-corrected chi connectivity index (χ3v) is 7.51. The summed E-state index contributed by atoms with van der Waals surface area (Å²) in [6.07, 6.45) is 8.32. The fraction of sp³-hybridized carbons (Fsp3) is 0.423. The number of primary amides is 1. The van der Waals surface area contributed by atoms with Gasteiger partial charge in [0.1, 0.15) is 0 Å². The zero-order valence-electron chi connectivity index (χ0n) is 20.4. The van der Waals surface area contributed by atoms with Crippen LogP contribution in [0, 0.1) is 5.92 Å². The van der Waals surface area contributed by atoms with Gasteiger partial charge in [-0.3, -0.25) is 9.59 Å². The van der Waals surface area contributed by atoms with Gasteiger partial charge in [0.15, 0.2) is 17.3 Å². The Morgan fingerprint density at radius 3 is 2.67 bits per heavy atom. The first-order chi connectivity index (χ1) is 17.3. The van der Waals surface area contributed by atoms with Crippen molar-refractivity contribution >= 4 is 40.7 Å². The first-order valence-electron chi connectivity index (χ1n) is 12.3. The van der Waals surface area contributed by atoms with Crippen LogP contribution in [-0.2, 0) is 7.05 Å². The van der Waals surface area contributed by atoms with Crippen molar-refractivity contribution in [3.63, 3.8) is 0 Å². The van der Waals surface area contributed by atoms with E-state index in [1.54, 1.807) is 0 Å². The molecule has 1 aliphatic carbocycles. The van der Waals surface area contributed by atoms with Gasteiger partial charge in [-0.15, -0.1) is 10.2 Å². The first kappa shape index (κ1) is 24.2. The summed E-state index contributed by atoms with van der Waals surface area (Å²) in [4.78, 5) is 31.8. The van der Waals surface area contributed by atoms with Crippen LogP contribution in [0.5, 0.6) is 0 Å². The van der Waals surface area contributed by atoms with Crippen LogP contribution in [0.3, 0.4) is 0 Å². The van der Waals surface area contributed by atoms with Crippen molar-refractivity contribution in [1.29, 1.82) is 0 Å². The molecule has 188 valence electrons. The Bertz CT molecular complexity index is 1300. The summed E-state index contributed by atoms with van der Waals surface area (Å²) in [6, 6.07) is 7.72. The quantitative estimate of drug-likeness (QED) is 0.432. The molecular formula is C26H30ClN7O2. The van der Waals surface area contributed by atoms with E-state index in [9.17, 15) is 9.59 Å². The predicted molar refractivity (Wildman–Crippen MR) is 139 cm³/mol. The van der Waals surface area contributed by atoms with E-state index in [1.807, 2.05) is 53.2 Å². The van der Waals surface area contributed by atoms with Gasteiger partial charge in [-0.1, -0.05) is 17.7 Å². The van der Waals surface area contributed by atoms with E-state index in [0.29, 0.717) is 28.9 Å². The number of nitrogens with zero attached hydrogens (tertiary/aromatic N) is 5. The number of benzene rings is 1. The molecule has 1 aliphatic heterocycles. The van der Waals surface area contributed by atoms with Crippen molar-refractivity contribution < 1.29 is 9.59 Å². The van der Waals surface area contributed by atoms with Crippen molar-refractivity contribution in [2.45, 2.75) is 51.0 Å². The SMILES string of the molecule is C[C@@H]1[C@H](CC(=O)c2ccc(C3CC3)cc2Cl)CCCN1c1nnc(C(N)=O)c(Nc2ccn(C)c2)n1. The molecule has 10 heteroatoms. The molecule has 3 heterocycles. The van der Waals surface area contributed by atoms with Gasteiger partial charge in [0.25, 0.3) is 5.91 Å². The average Bonchev–Trinajstić information content (AvgIpc) is 3.62. The first-order valence-corrected chi connectivity index (χ1v) is 12.7. The Labute approximate surface area is 215 Å². The van der Waals surface area contributed by atoms with Crippen LogP contribution in [0.2, 0.25) is 5.02 Å². The highest BCUT2D eigenvalue weighted by Gasteiger charge is 2.33. The second kappa shape index (κ2) is 9.89. The van der Waals surface area contributed by atoms with Gasteiger partial charge < -0.3 is 20.5 Å². The Balaban J connectivity index is 1.34. The van der Waals surface area contributed by atoms with E-state index in [0.717, 1.165) is 25.1 Å². The third kappa shape index (κ3) is 5.06. The number of nitrogens with two attached hydrogens (primary N) is 1. The number of carbonyl (C=O) groups is 2. The number of hydrogen-bond acceptors (Lipinski definition) is 7. The normalized spacial score (nSPS) is 19.8. The molecule has 0 unspecified atom stereocenters. The number of Topliss-reactive ketones (excluding diaryl/α,β-unsaturated/α-hetero) is 1. The molecule has 5 rings (SSSR count). The Morgan fingerprint density at radius 2 is 2.00 bits per heavy atom. The van der Waals surface area contributed by atoms with Crippen molar-refractivity contribution in [1.82, 2.24) is 19.7 Å². The van der Waals surface area contributed by atoms with E-state index >= 15 is 0 Å². The summed E-state index contributed by atoms with van der Waals surface area (Å²) in [5.41, 5.74) is 8.05. The Kier molecular flexibility index (Phi) is 6.66. The summed E-state index contributed by atoms with van der Waals surface area (Å²) in [5, 5.41) is 12.0. The van der Waals surface area contributed by atoms with Gasteiger partial charge in [-0.25, -0.2) is 0 Å². The lowest BCUT2D eigenvalue weighted by atomic mass is 9.85. The van der Waals surface area contributed by atoms with Crippen LogP contribution in [0.25, 0.3) is 0 Å². The molecule has 3 N–H and O–H groups in total. The Hall–Kier alpha value is -3.46. The zero-order valence-corrected chi connectivity index (χ0v) is 21.2. The monoisotopic (exact) mass is 507 g/mol. The van der Waals surface area contributed by atoms with Crippen molar-refractivity contribution in [2.24, 2.45) is 18.7 Å². The topological polar surface area (TPSA) is 119 Å². The highest BCUT2D eigenvalue weighted by Crippen LogP contribution is 2.41. The number of halogens is 1. The molecule has 2 atom stereocenters. The van der Waals surface area contributed by atoms with Gasteiger partial charge >= 0.3 is 0 Å². The maximum absolute atomic E-state index is 13.2. The smallest absolute Gasteiger partial charge is 0.273 e. The molecule has 0 radical (unpaired) electrons. The largest absolute Gasteiger partial charge is 0.364 e. The molecule has 3 aromatic rings. The third-order valence-electron chi connectivity index (χ3n) is 7.20. The number of aromatic nitrogens is 4. The van der Waals surface area contributed by atoms with Crippen molar-refractivity contribution in [2.75, 3.05) is 16.8 Å². The molecule has 2 aliphatic rings. The van der Waals surface area contributed by atoms with Crippen LogP contribution >= 0.6 is 11.6 Å². The van der Waals surface area contributed by atoms with E-state index < -0.39 is 5.91 Å². The molecule has 0 bridgehead atoms. The number of hydrogen-bond donors (Lipinski definition) is 2. The molecule has 9 nitrogen and oxygen atoms in total. The van der Waals surface area contributed by atoms with E-state index in [4.69, 9.17) is 17.3 Å². The molecular weight excluding hydrogens is 478 g/mol. The molecule has 36 heavy (non-hydrogen) atoms. The van der Waals surface area contributed by atoms with Crippen molar-refractivity contribution in [3.8, 4) is 0 Å². The van der Waals surface area contributed by atoms with Crippen LogP contribution in [0.15, 0.2) is 36.7 Å². The summed E-state index contributed by atoms with van der Waals surface area (Å²) in [7, 11) is 1.90. The maximum atomic E-state index is 13.2. The molecule has 2 fully saturated rings. The average molecular weight is 508 g/mol. The fourth-order valence-corrected chi connectivity index (χ4v) is 5.25. The van der Waals surface area contributed by atoms with Gasteiger partial charge in [0.2, 0.25) is 5.95 Å². The molecule has 1 saturated carbocycles. The van der Waals surface area contributed by atoms with E-state index in [1.165, 1.54) is 18.4 Å². The predicted octanol–water partition coefficient (Wildman–Crippen LogP) is 4.46. The van der Waals surface area contributed by atoms with E-state index in [2.05, 4.69) is 27.4 Å². The van der Waals surface area contributed by atoms with Crippen LogP contribution in [-0.4, -0.2) is 44.0 Å². The number of rotatable bonds is 8. The van der Waals surface area contributed by atoms with Crippen LogP contribution in [0.4, 0.5) is 17.5 Å². The van der Waals surface area contributed by atoms with Gasteiger partial charge in [-0.05, 0) is 68.2 Å². The second-order valence-electron chi connectivity index (χ2n) is 9.84. The lowest BCUT2D eigenvalue weighted by Crippen LogP contribution is -2.45. The standard InChI is InChI=1S/C26H30ClN7O2/c1-15-17(13-22(35)20-8-7-18(12-21(20)27)16-5-6-16)4-3-10-34(15)26-30-25(23(24(28)36)31-32-26)29-19-9-11-33(2)14-19/h7-9,11-12,14-17H,3-6,10,13H2,1-2H3,(H2,28,36)(H,29,30,32)/t15-,17+/m1/s1. The number of aryl methyl sites for hydroxylation is 1. The molecule has 2 aromatic heterocycles. The molecule has 0 spiro atoms. The number of piperidine rings is 1. The minimum atomic E-state index is -0.709. The summed E-state index contributed by atoms with van der Waals surface area (Å²) in [6.45, 7) is 2.80. The van der Waals surface area contributed by atoms with Crippen LogP contribution < -0.4 is 16.0 Å².